The summed E-state index contributed by atoms with van der Waals surface area (Å²) in [5.74, 6) is -2.71. The summed E-state index contributed by atoms with van der Waals surface area (Å²) in [4.78, 5) is 35.6. The van der Waals surface area contributed by atoms with E-state index in [-0.39, 0.29) is 62.7 Å². The van der Waals surface area contributed by atoms with Gasteiger partial charge in [0, 0.05) is 18.8 Å². The first kappa shape index (κ1) is 42.0. The van der Waals surface area contributed by atoms with Crippen LogP contribution in [0.1, 0.15) is 29.2 Å². The van der Waals surface area contributed by atoms with Gasteiger partial charge in [0.2, 0.25) is 10.5 Å². The molecule has 1 aliphatic heterocycles. The third kappa shape index (κ3) is 7.95. The van der Waals surface area contributed by atoms with Crippen molar-refractivity contribution in [2.45, 2.75) is 28.7 Å². The lowest BCUT2D eigenvalue weighted by molar-refractivity contribution is 0.0694. The van der Waals surface area contributed by atoms with Crippen molar-refractivity contribution in [2.75, 3.05) is 50.2 Å². The first-order valence-corrected chi connectivity index (χ1v) is 21.3. The van der Waals surface area contributed by atoms with Gasteiger partial charge in [0.1, 0.15) is 28.5 Å². The van der Waals surface area contributed by atoms with Crippen molar-refractivity contribution in [1.82, 2.24) is 19.3 Å². The number of methoxy groups -OCH3 is 2. The monoisotopic (exact) mass is 882 g/mol. The van der Waals surface area contributed by atoms with Crippen LogP contribution in [0.25, 0.3) is 11.0 Å². The molecule has 21 heteroatoms. The Morgan fingerprint density at radius 2 is 1.48 bits per heavy atom. The zero-order valence-corrected chi connectivity index (χ0v) is 34.5. The summed E-state index contributed by atoms with van der Waals surface area (Å²) in [6.07, 6.45) is 2.56. The highest BCUT2D eigenvalue weighted by Crippen LogP contribution is 2.38. The number of rotatable bonds is 14. The van der Waals surface area contributed by atoms with Crippen molar-refractivity contribution in [3.63, 3.8) is 0 Å². The van der Waals surface area contributed by atoms with Crippen LogP contribution in [0.4, 0.5) is 20.3 Å². The lowest BCUT2D eigenvalue weighted by Gasteiger charge is -2.33. The number of aromatic nitrogens is 2. The number of nitrogens with zero attached hydrogens (tertiary/aromatic N) is 5. The Bertz CT molecular complexity index is 2820. The fraction of sp³-hybridized carbons (Fsp3) is 0.231. The molecule has 0 atom stereocenters. The van der Waals surface area contributed by atoms with E-state index < -0.39 is 60.3 Å². The maximum Gasteiger partial charge on any atom is 0.341 e. The predicted molar refractivity (Wildman–Crippen MR) is 219 cm³/mol. The zero-order chi connectivity index (χ0) is 43.1. The number of pyridine rings is 2. The van der Waals surface area contributed by atoms with Crippen molar-refractivity contribution in [3.05, 3.63) is 124 Å². The third-order valence-electron chi connectivity index (χ3n) is 9.82. The van der Waals surface area contributed by atoms with E-state index in [1.807, 2.05) is 0 Å². The molecule has 2 aliphatic rings. The van der Waals surface area contributed by atoms with Crippen LogP contribution in [0.5, 0.6) is 11.5 Å². The second kappa shape index (κ2) is 16.5. The van der Waals surface area contributed by atoms with Gasteiger partial charge in [0.15, 0.2) is 11.6 Å². The van der Waals surface area contributed by atoms with Crippen molar-refractivity contribution < 1.29 is 49.8 Å². The normalized spacial score (nSPS) is 14.3. The summed E-state index contributed by atoms with van der Waals surface area (Å²) in [5, 5.41) is 8.69. The van der Waals surface area contributed by atoms with Gasteiger partial charge < -0.3 is 24.0 Å². The molecule has 314 valence electrons. The van der Waals surface area contributed by atoms with E-state index in [2.05, 4.69) is 10.5 Å². The number of sulfonamides is 2. The van der Waals surface area contributed by atoms with Crippen LogP contribution in [0.2, 0.25) is 0 Å². The van der Waals surface area contributed by atoms with Gasteiger partial charge in [0.05, 0.1) is 61.0 Å². The quantitative estimate of drug-likeness (QED) is 0.114. The summed E-state index contributed by atoms with van der Waals surface area (Å²) in [7, 11) is -5.43. The van der Waals surface area contributed by atoms with Gasteiger partial charge in [-0.05, 0) is 109 Å². The molecule has 1 fully saturated rings. The van der Waals surface area contributed by atoms with Gasteiger partial charge in [-0.2, -0.15) is 0 Å². The number of hydroxylamine groups is 1. The molecule has 3 heterocycles. The van der Waals surface area contributed by atoms with E-state index in [4.69, 9.17) is 26.5 Å². The number of benzene rings is 3. The van der Waals surface area contributed by atoms with E-state index in [1.165, 1.54) is 85.5 Å². The van der Waals surface area contributed by atoms with Crippen LogP contribution in [0.15, 0.2) is 111 Å². The van der Waals surface area contributed by atoms with Crippen molar-refractivity contribution in [3.8, 4) is 11.5 Å². The number of halogens is 2. The second-order valence-corrected chi connectivity index (χ2v) is 17.6. The van der Waals surface area contributed by atoms with Crippen LogP contribution >= 0.6 is 12.2 Å². The molecule has 5 aromatic rings. The number of hydrogen-bond donors (Lipinski definition) is 2. The Morgan fingerprint density at radius 3 is 2.02 bits per heavy atom. The first-order chi connectivity index (χ1) is 28.6. The number of aromatic carboxylic acids is 1. The molecule has 0 radical (unpaired) electrons. The molecule has 1 aliphatic carbocycles. The average Bonchev–Trinajstić information content (AvgIpc) is 4.00. The highest BCUT2D eigenvalue weighted by Gasteiger charge is 2.40. The summed E-state index contributed by atoms with van der Waals surface area (Å²) in [6.45, 7) is -0.995. The first-order valence-electron chi connectivity index (χ1n) is 18.0. The molecule has 60 heavy (non-hydrogen) atoms. The van der Waals surface area contributed by atoms with Crippen LogP contribution in [0, 0.1) is 11.6 Å². The maximum absolute atomic E-state index is 16.1. The minimum Gasteiger partial charge on any atom is -0.497 e. The predicted octanol–water partition coefficient (Wildman–Crippen LogP) is 4.82. The molecule has 0 saturated heterocycles. The Hall–Kier alpha value is -6.16. The minimum absolute atomic E-state index is 0.0576. The molecule has 0 amide bonds. The van der Waals surface area contributed by atoms with Gasteiger partial charge in [0.25, 0.3) is 20.0 Å². The molecule has 2 N–H and O–H groups in total. The van der Waals surface area contributed by atoms with Crippen molar-refractivity contribution >= 4 is 65.9 Å². The number of carbonyl (C=O) groups is 1. The summed E-state index contributed by atoms with van der Waals surface area (Å²) in [6, 6.07) is 15.5. The Kier molecular flexibility index (Phi) is 11.5. The molecular formula is C39H36F2N6O10S3. The van der Waals surface area contributed by atoms with Crippen molar-refractivity contribution in [2.24, 2.45) is 0 Å². The average molecular weight is 883 g/mol. The van der Waals surface area contributed by atoms with Gasteiger partial charge in [-0.25, -0.2) is 44.0 Å². The van der Waals surface area contributed by atoms with E-state index in [0.29, 0.717) is 33.0 Å². The van der Waals surface area contributed by atoms with E-state index >= 15 is 4.39 Å². The van der Waals surface area contributed by atoms with E-state index in [1.54, 1.807) is 0 Å². The molecule has 1 saturated carbocycles. The Morgan fingerprint density at radius 1 is 0.900 bits per heavy atom. The number of hydrogen-bond acceptors (Lipinski definition) is 13. The highest BCUT2D eigenvalue weighted by molar-refractivity contribution is 7.96. The van der Waals surface area contributed by atoms with Crippen LogP contribution in [0.3, 0.4) is 0 Å². The number of ether oxygens (including phenoxy) is 2. The zero-order valence-electron chi connectivity index (χ0n) is 32.0. The largest absolute Gasteiger partial charge is 0.497 e. The van der Waals surface area contributed by atoms with Crippen LogP contribution < -0.4 is 29.6 Å². The van der Waals surface area contributed by atoms with Gasteiger partial charge in [-0.15, -0.1) is 0 Å². The fourth-order valence-corrected chi connectivity index (χ4v) is 10.2. The number of carboxylic acid groups (broad SMARTS) is 1. The number of nitrogens with one attached hydrogen (secondary N) is 1. The summed E-state index contributed by atoms with van der Waals surface area (Å²) in [5.41, 5.74) is 1.61. The fourth-order valence-electron chi connectivity index (χ4n) is 6.64. The molecule has 0 bridgehead atoms. The molecule has 2 aromatic heterocycles. The highest BCUT2D eigenvalue weighted by atomic mass is 32.2. The van der Waals surface area contributed by atoms with Gasteiger partial charge >= 0.3 is 5.97 Å². The van der Waals surface area contributed by atoms with Crippen molar-refractivity contribution in [1.29, 1.82) is 0 Å². The maximum atomic E-state index is 16.1. The van der Waals surface area contributed by atoms with Gasteiger partial charge in [-0.1, -0.05) is 0 Å². The third-order valence-corrected chi connectivity index (χ3v) is 13.9. The molecule has 16 nitrogen and oxygen atoms in total. The second-order valence-electron chi connectivity index (χ2n) is 13.6. The van der Waals surface area contributed by atoms with Crippen LogP contribution in [-0.2, 0) is 24.9 Å². The summed E-state index contributed by atoms with van der Waals surface area (Å²) >= 11 is 5.84. The molecule has 7 rings (SSSR count). The number of thiocarbonyl (C=S) groups is 1. The molecule has 0 unspecified atom stereocenters. The lowest BCUT2D eigenvalue weighted by atomic mass is 10.2. The molecule has 0 spiro atoms. The van der Waals surface area contributed by atoms with E-state index in [9.17, 15) is 35.9 Å². The smallest absolute Gasteiger partial charge is 0.341 e. The lowest BCUT2D eigenvalue weighted by Crippen LogP contribution is -2.49. The summed E-state index contributed by atoms with van der Waals surface area (Å²) < 4.78 is 102. The van der Waals surface area contributed by atoms with E-state index in [0.717, 1.165) is 30.3 Å². The number of fused-ring (bicyclic) bond motifs is 1. The Balaban J connectivity index is 1.34. The molecular weight excluding hydrogens is 847 g/mol. The number of anilines is 2. The Labute approximate surface area is 347 Å². The van der Waals surface area contributed by atoms with Crippen LogP contribution in [-0.4, -0.2) is 87.8 Å². The minimum atomic E-state index is -4.77. The molecule has 3 aromatic carbocycles. The number of carboxylic acids is 1. The standard InChI is InChI=1S/C39H36F2N6O10S3/c1-55-27-10-14-29(15-11-27)59(51,52)46(39(58)47(26-6-4-24(40)5-7-26)60(53,54)30-16-12-28(56-2)13-17-30)20-23-19-44(22-34(23)43-57-3)37-33(41)18-31-35(48)32(38(49)50)21-45(25-8-9-25)36(31)42-37/h4-7,10-18,21,25,43H,8-9,19-20,22H2,1-3H3,(H,49,50). The topological polar surface area (TPSA) is 190 Å². The SMILES string of the molecule is CONC1=C(CN(C(=S)N(c2ccc(F)cc2)S(=O)(=O)c2ccc(OC)cc2)S(=O)(=O)c2ccc(OC)cc2)CN(c2nc3c(cc2F)c(=O)c(C(=O)O)cn3C2CC2)C1. The van der Waals surface area contributed by atoms with Gasteiger partial charge in [-0.3, -0.25) is 15.1 Å².